The van der Waals surface area contributed by atoms with Gasteiger partial charge in [0.2, 0.25) is 5.91 Å². The number of fused-ring (bicyclic) bond motifs is 1. The first-order valence-electron chi connectivity index (χ1n) is 10.5. The fourth-order valence-electron chi connectivity index (χ4n) is 3.89. The van der Waals surface area contributed by atoms with Gasteiger partial charge < -0.3 is 24.6 Å². The van der Waals surface area contributed by atoms with E-state index in [9.17, 15) is 9.59 Å². The summed E-state index contributed by atoms with van der Waals surface area (Å²) in [6, 6.07) is 15.6. The number of carbonyl (C=O) groups excluding carboxylic acids is 2. The van der Waals surface area contributed by atoms with Gasteiger partial charge in [0, 0.05) is 12.0 Å². The first kappa shape index (κ1) is 20.2. The van der Waals surface area contributed by atoms with Gasteiger partial charge in [0.15, 0.2) is 6.61 Å². The van der Waals surface area contributed by atoms with Crippen LogP contribution < -0.4 is 19.7 Å². The van der Waals surface area contributed by atoms with Gasteiger partial charge >= 0.3 is 0 Å². The normalized spacial score (nSPS) is 15.9. The molecule has 2 amide bonds. The molecule has 0 atom stereocenters. The molecule has 0 radical (unpaired) electrons. The number of amides is 2. The number of ether oxygens (including phenoxy) is 2. The number of quaternary nitrogens is 1. The monoisotopic (exact) mass is 410 g/mol. The highest BCUT2D eigenvalue weighted by atomic mass is 16.5. The Hall–Kier alpha value is -3.06. The Morgan fingerprint density at radius 3 is 2.70 bits per heavy atom. The summed E-state index contributed by atoms with van der Waals surface area (Å²) < 4.78 is 11.0. The summed E-state index contributed by atoms with van der Waals surface area (Å²) in [5, 5.41) is 2.65. The summed E-state index contributed by atoms with van der Waals surface area (Å²) in [6.45, 7) is 4.88. The molecular weight excluding hydrogens is 382 g/mol. The minimum Gasteiger partial charge on any atom is -0.493 e. The number of nitrogens with zero attached hydrogens (tertiary/aromatic N) is 1. The molecule has 0 unspecified atom stereocenters. The number of para-hydroxylation sites is 1. The van der Waals surface area contributed by atoms with Gasteiger partial charge in [-0.15, -0.1) is 0 Å². The van der Waals surface area contributed by atoms with E-state index in [-0.39, 0.29) is 25.0 Å². The van der Waals surface area contributed by atoms with E-state index in [0.29, 0.717) is 18.8 Å². The molecule has 1 saturated heterocycles. The smallest absolute Gasteiger partial charge is 0.258 e. The van der Waals surface area contributed by atoms with E-state index in [2.05, 4.69) is 23.5 Å². The lowest BCUT2D eigenvalue weighted by molar-refractivity contribution is -0.917. The molecule has 0 saturated carbocycles. The molecule has 2 aliphatic heterocycles. The number of piperazine rings is 1. The standard InChI is InChI=1S/C23H27N3O4/c27-22(17-30-20-4-2-1-3-5-20)24-15-23(28)26-11-9-25(10-12-26)16-18-6-7-21-19(14-18)8-13-29-21/h1-7,14H,8-13,15-17H2,(H,24,27)/p+1. The topological polar surface area (TPSA) is 72.3 Å². The summed E-state index contributed by atoms with van der Waals surface area (Å²) in [5.41, 5.74) is 2.62. The molecule has 2 heterocycles. The van der Waals surface area contributed by atoms with Crippen molar-refractivity contribution >= 4 is 11.8 Å². The van der Waals surface area contributed by atoms with Gasteiger partial charge in [0.25, 0.3) is 5.91 Å². The van der Waals surface area contributed by atoms with Crippen molar-refractivity contribution in [2.24, 2.45) is 0 Å². The van der Waals surface area contributed by atoms with Crippen LogP contribution in [0.15, 0.2) is 48.5 Å². The van der Waals surface area contributed by atoms with Crippen LogP contribution in [0.4, 0.5) is 0 Å². The number of hydrogen-bond acceptors (Lipinski definition) is 4. The van der Waals surface area contributed by atoms with Gasteiger partial charge in [0.1, 0.15) is 18.0 Å². The van der Waals surface area contributed by atoms with Crippen molar-refractivity contribution in [2.45, 2.75) is 13.0 Å². The molecule has 7 heteroatoms. The number of benzene rings is 2. The second kappa shape index (κ2) is 9.63. The summed E-state index contributed by atoms with van der Waals surface area (Å²) in [5.74, 6) is 1.31. The summed E-state index contributed by atoms with van der Waals surface area (Å²) in [7, 11) is 0. The zero-order chi connectivity index (χ0) is 20.8. The van der Waals surface area contributed by atoms with Gasteiger partial charge in [-0.05, 0) is 35.9 Å². The fourth-order valence-corrected chi connectivity index (χ4v) is 3.89. The lowest BCUT2D eigenvalue weighted by atomic mass is 10.1. The maximum Gasteiger partial charge on any atom is 0.258 e. The molecule has 2 aromatic carbocycles. The van der Waals surface area contributed by atoms with Crippen LogP contribution >= 0.6 is 0 Å². The van der Waals surface area contributed by atoms with Crippen molar-refractivity contribution in [1.29, 1.82) is 0 Å². The van der Waals surface area contributed by atoms with Crippen molar-refractivity contribution in [2.75, 3.05) is 45.9 Å². The molecular formula is C23H28N3O4+. The van der Waals surface area contributed by atoms with E-state index in [1.54, 1.807) is 12.1 Å². The van der Waals surface area contributed by atoms with Gasteiger partial charge in [-0.2, -0.15) is 0 Å². The Kier molecular flexibility index (Phi) is 6.49. The number of hydrogen-bond donors (Lipinski definition) is 2. The Morgan fingerprint density at radius 2 is 1.90 bits per heavy atom. The van der Waals surface area contributed by atoms with E-state index in [1.165, 1.54) is 16.0 Å². The van der Waals surface area contributed by atoms with E-state index in [4.69, 9.17) is 9.47 Å². The molecule has 158 valence electrons. The third-order valence-corrected chi connectivity index (χ3v) is 5.58. The summed E-state index contributed by atoms with van der Waals surface area (Å²) in [6.07, 6.45) is 0.989. The second-order valence-electron chi connectivity index (χ2n) is 7.73. The van der Waals surface area contributed by atoms with Crippen LogP contribution in [0.25, 0.3) is 0 Å². The van der Waals surface area contributed by atoms with Crippen LogP contribution in [0.2, 0.25) is 0 Å². The average molecular weight is 410 g/mol. The predicted molar refractivity (Wildman–Crippen MR) is 112 cm³/mol. The molecule has 7 nitrogen and oxygen atoms in total. The zero-order valence-corrected chi connectivity index (χ0v) is 17.1. The average Bonchev–Trinajstić information content (AvgIpc) is 3.25. The van der Waals surface area contributed by atoms with E-state index in [0.717, 1.165) is 38.4 Å². The summed E-state index contributed by atoms with van der Waals surface area (Å²) >= 11 is 0. The van der Waals surface area contributed by atoms with Gasteiger partial charge in [-0.1, -0.05) is 18.2 Å². The van der Waals surface area contributed by atoms with Crippen LogP contribution in [-0.4, -0.2) is 62.7 Å². The first-order chi connectivity index (χ1) is 14.7. The number of nitrogens with one attached hydrogen (secondary N) is 2. The molecule has 0 aliphatic carbocycles. The highest BCUT2D eigenvalue weighted by Crippen LogP contribution is 2.25. The molecule has 0 aromatic heterocycles. The third kappa shape index (κ3) is 5.30. The Labute approximate surface area is 176 Å². The molecule has 2 aliphatic rings. The Balaban J connectivity index is 1.16. The van der Waals surface area contributed by atoms with Crippen molar-refractivity contribution in [3.8, 4) is 11.5 Å². The lowest BCUT2D eigenvalue weighted by Gasteiger charge is -2.32. The number of carbonyl (C=O) groups is 2. The minimum atomic E-state index is -0.294. The molecule has 30 heavy (non-hydrogen) atoms. The molecule has 2 aromatic rings. The SMILES string of the molecule is O=C(COc1ccccc1)NCC(=O)N1CC[NH+](Cc2ccc3c(c2)CCO3)CC1. The van der Waals surface area contributed by atoms with Crippen LogP contribution in [0.3, 0.4) is 0 Å². The quantitative estimate of drug-likeness (QED) is 0.676. The Morgan fingerprint density at radius 1 is 1.10 bits per heavy atom. The van der Waals surface area contributed by atoms with Crippen molar-refractivity contribution in [3.63, 3.8) is 0 Å². The number of rotatable bonds is 7. The molecule has 0 spiro atoms. The highest BCUT2D eigenvalue weighted by Gasteiger charge is 2.24. The van der Waals surface area contributed by atoms with Crippen LogP contribution in [-0.2, 0) is 22.6 Å². The third-order valence-electron chi connectivity index (χ3n) is 5.58. The Bertz CT molecular complexity index is 879. The zero-order valence-electron chi connectivity index (χ0n) is 17.1. The fraction of sp³-hybridized carbons (Fsp3) is 0.391. The highest BCUT2D eigenvalue weighted by molar-refractivity contribution is 5.85. The van der Waals surface area contributed by atoms with E-state index in [1.807, 2.05) is 23.1 Å². The maximum absolute atomic E-state index is 12.4. The molecule has 2 N–H and O–H groups in total. The van der Waals surface area contributed by atoms with Crippen LogP contribution in [0.5, 0.6) is 11.5 Å². The van der Waals surface area contributed by atoms with Crippen LogP contribution in [0, 0.1) is 0 Å². The lowest BCUT2D eigenvalue weighted by Crippen LogP contribution is -3.13. The van der Waals surface area contributed by atoms with Gasteiger partial charge in [0.05, 0.1) is 39.3 Å². The predicted octanol–water partition coefficient (Wildman–Crippen LogP) is 0.0438. The second-order valence-corrected chi connectivity index (χ2v) is 7.73. The van der Waals surface area contributed by atoms with E-state index >= 15 is 0 Å². The maximum atomic E-state index is 12.4. The first-order valence-corrected chi connectivity index (χ1v) is 10.5. The van der Waals surface area contributed by atoms with Crippen LogP contribution in [0.1, 0.15) is 11.1 Å². The van der Waals surface area contributed by atoms with Gasteiger partial charge in [-0.3, -0.25) is 9.59 Å². The molecule has 4 rings (SSSR count). The van der Waals surface area contributed by atoms with Gasteiger partial charge in [-0.25, -0.2) is 0 Å². The van der Waals surface area contributed by atoms with Crippen molar-refractivity contribution in [1.82, 2.24) is 10.2 Å². The van der Waals surface area contributed by atoms with E-state index < -0.39 is 0 Å². The van der Waals surface area contributed by atoms with Crippen molar-refractivity contribution < 1.29 is 24.0 Å². The minimum absolute atomic E-state index is 0.0111. The molecule has 0 bridgehead atoms. The summed E-state index contributed by atoms with van der Waals surface area (Å²) in [4.78, 5) is 27.6. The van der Waals surface area contributed by atoms with Crippen molar-refractivity contribution in [3.05, 3.63) is 59.7 Å². The largest absolute Gasteiger partial charge is 0.493 e. The molecule has 1 fully saturated rings.